The van der Waals surface area contributed by atoms with Gasteiger partial charge in [0.2, 0.25) is 0 Å². The molecule has 0 atom stereocenters. The topological polar surface area (TPSA) is 51.0 Å². The summed E-state index contributed by atoms with van der Waals surface area (Å²) in [7, 11) is 0. The Balaban J connectivity index is 1.94. The molecule has 0 bridgehead atoms. The monoisotopic (exact) mass is 175 g/mol. The van der Waals surface area contributed by atoms with Crippen molar-refractivity contribution in [2.45, 2.75) is 6.54 Å². The van der Waals surface area contributed by atoms with Crippen molar-refractivity contribution in [3.05, 3.63) is 42.5 Å². The number of aromatic nitrogens is 2. The largest absolute Gasteiger partial charge is 0.472 e. The number of furan rings is 1. The molecular weight excluding hydrogens is 166 g/mol. The minimum Gasteiger partial charge on any atom is -0.472 e. The molecule has 66 valence electrons. The Morgan fingerprint density at radius 3 is 3.08 bits per heavy atom. The van der Waals surface area contributed by atoms with Gasteiger partial charge in [-0.1, -0.05) is 0 Å². The SMILES string of the molecule is c1cnnc(NCc2ccoc2)c1. The zero-order valence-corrected chi connectivity index (χ0v) is 6.97. The van der Waals surface area contributed by atoms with E-state index >= 15 is 0 Å². The standard InChI is InChI=1S/C9H9N3O/c1-2-9(12-11-4-1)10-6-8-3-5-13-7-8/h1-5,7H,6H2,(H,10,12). The molecule has 4 heteroatoms. The lowest BCUT2D eigenvalue weighted by Gasteiger charge is -2.00. The maximum atomic E-state index is 4.93. The Morgan fingerprint density at radius 2 is 2.38 bits per heavy atom. The van der Waals surface area contributed by atoms with Gasteiger partial charge in [0.05, 0.1) is 12.5 Å². The smallest absolute Gasteiger partial charge is 0.148 e. The molecule has 0 amide bonds. The molecule has 4 nitrogen and oxygen atoms in total. The second-order valence-corrected chi connectivity index (χ2v) is 2.59. The molecule has 0 aliphatic rings. The summed E-state index contributed by atoms with van der Waals surface area (Å²) in [6.07, 6.45) is 4.99. The van der Waals surface area contributed by atoms with Crippen molar-refractivity contribution in [2.75, 3.05) is 5.32 Å². The van der Waals surface area contributed by atoms with Crippen LogP contribution in [0.4, 0.5) is 5.82 Å². The number of rotatable bonds is 3. The fourth-order valence-corrected chi connectivity index (χ4v) is 0.982. The molecule has 0 fully saturated rings. The molecule has 2 heterocycles. The van der Waals surface area contributed by atoms with E-state index in [1.807, 2.05) is 18.2 Å². The van der Waals surface area contributed by atoms with Crippen LogP contribution in [0.2, 0.25) is 0 Å². The average Bonchev–Trinajstić information content (AvgIpc) is 2.69. The lowest BCUT2D eigenvalue weighted by atomic mass is 10.3. The van der Waals surface area contributed by atoms with Crippen LogP contribution in [0.3, 0.4) is 0 Å². The zero-order valence-electron chi connectivity index (χ0n) is 6.97. The second-order valence-electron chi connectivity index (χ2n) is 2.59. The first kappa shape index (κ1) is 7.79. The van der Waals surface area contributed by atoms with E-state index in [0.29, 0.717) is 6.54 Å². The van der Waals surface area contributed by atoms with Crippen LogP contribution in [-0.4, -0.2) is 10.2 Å². The van der Waals surface area contributed by atoms with Crippen LogP contribution in [-0.2, 0) is 6.54 Å². The molecular formula is C9H9N3O. The van der Waals surface area contributed by atoms with Crippen molar-refractivity contribution in [1.82, 2.24) is 10.2 Å². The molecule has 0 aliphatic carbocycles. The van der Waals surface area contributed by atoms with Crippen LogP contribution in [0, 0.1) is 0 Å². The number of hydrogen-bond acceptors (Lipinski definition) is 4. The zero-order chi connectivity index (χ0) is 8.93. The Bertz CT molecular complexity index is 344. The van der Waals surface area contributed by atoms with E-state index in [0.717, 1.165) is 11.4 Å². The maximum absolute atomic E-state index is 4.93. The molecule has 2 aromatic rings. The van der Waals surface area contributed by atoms with Crippen LogP contribution in [0.5, 0.6) is 0 Å². The third kappa shape index (κ3) is 2.05. The molecule has 0 saturated carbocycles. The van der Waals surface area contributed by atoms with Crippen LogP contribution < -0.4 is 5.32 Å². The summed E-state index contributed by atoms with van der Waals surface area (Å²) in [4.78, 5) is 0. The highest BCUT2D eigenvalue weighted by molar-refractivity contribution is 5.32. The molecule has 2 rings (SSSR count). The maximum Gasteiger partial charge on any atom is 0.148 e. The van der Waals surface area contributed by atoms with Crippen LogP contribution >= 0.6 is 0 Å². The molecule has 1 N–H and O–H groups in total. The highest BCUT2D eigenvalue weighted by atomic mass is 16.3. The first-order valence-electron chi connectivity index (χ1n) is 3.98. The van der Waals surface area contributed by atoms with Crippen molar-refractivity contribution in [1.29, 1.82) is 0 Å². The fraction of sp³-hybridized carbons (Fsp3) is 0.111. The summed E-state index contributed by atoms with van der Waals surface area (Å²) in [5, 5.41) is 10.7. The normalized spacial score (nSPS) is 9.85. The summed E-state index contributed by atoms with van der Waals surface area (Å²) in [6.45, 7) is 0.704. The highest BCUT2D eigenvalue weighted by Crippen LogP contribution is 2.04. The van der Waals surface area contributed by atoms with Crippen molar-refractivity contribution < 1.29 is 4.42 Å². The van der Waals surface area contributed by atoms with E-state index in [9.17, 15) is 0 Å². The first-order chi connectivity index (χ1) is 6.45. The van der Waals surface area contributed by atoms with Crippen LogP contribution in [0.25, 0.3) is 0 Å². The van der Waals surface area contributed by atoms with Gasteiger partial charge in [0, 0.05) is 18.3 Å². The summed E-state index contributed by atoms with van der Waals surface area (Å²) in [6, 6.07) is 5.61. The van der Waals surface area contributed by atoms with E-state index in [4.69, 9.17) is 4.42 Å². The molecule has 0 radical (unpaired) electrons. The third-order valence-corrected chi connectivity index (χ3v) is 1.63. The Morgan fingerprint density at radius 1 is 1.38 bits per heavy atom. The van der Waals surface area contributed by atoms with Crippen molar-refractivity contribution in [2.24, 2.45) is 0 Å². The summed E-state index contributed by atoms with van der Waals surface area (Å²) < 4.78 is 4.93. The van der Waals surface area contributed by atoms with E-state index in [2.05, 4.69) is 15.5 Å². The second kappa shape index (κ2) is 3.71. The first-order valence-corrected chi connectivity index (χ1v) is 3.98. The molecule has 0 saturated heterocycles. The minimum atomic E-state index is 0.704. The number of anilines is 1. The lowest BCUT2D eigenvalue weighted by molar-refractivity contribution is 0.564. The van der Waals surface area contributed by atoms with E-state index in [-0.39, 0.29) is 0 Å². The van der Waals surface area contributed by atoms with Gasteiger partial charge in [-0.2, -0.15) is 5.10 Å². The van der Waals surface area contributed by atoms with Crippen molar-refractivity contribution >= 4 is 5.82 Å². The van der Waals surface area contributed by atoms with E-state index < -0.39 is 0 Å². The molecule has 2 aromatic heterocycles. The summed E-state index contributed by atoms with van der Waals surface area (Å²) in [5.74, 6) is 0.767. The highest BCUT2D eigenvalue weighted by Gasteiger charge is 1.94. The number of nitrogens with zero attached hydrogens (tertiary/aromatic N) is 2. The quantitative estimate of drug-likeness (QED) is 0.771. The Labute approximate surface area is 75.6 Å². The van der Waals surface area contributed by atoms with Crippen molar-refractivity contribution in [3.63, 3.8) is 0 Å². The summed E-state index contributed by atoms with van der Waals surface area (Å²) >= 11 is 0. The predicted molar refractivity (Wildman–Crippen MR) is 48.1 cm³/mol. The molecule has 13 heavy (non-hydrogen) atoms. The molecule has 0 unspecified atom stereocenters. The van der Waals surface area contributed by atoms with E-state index in [1.54, 1.807) is 18.7 Å². The van der Waals surface area contributed by atoms with Gasteiger partial charge in [-0.05, 0) is 18.2 Å². The van der Waals surface area contributed by atoms with Gasteiger partial charge in [0.15, 0.2) is 0 Å². The van der Waals surface area contributed by atoms with Gasteiger partial charge < -0.3 is 9.73 Å². The van der Waals surface area contributed by atoms with E-state index in [1.165, 1.54) is 0 Å². The summed E-state index contributed by atoms with van der Waals surface area (Å²) in [5.41, 5.74) is 1.09. The molecule has 0 aromatic carbocycles. The number of nitrogens with one attached hydrogen (secondary N) is 1. The fourth-order valence-electron chi connectivity index (χ4n) is 0.982. The van der Waals surface area contributed by atoms with Gasteiger partial charge >= 0.3 is 0 Å². The minimum absolute atomic E-state index is 0.704. The Kier molecular flexibility index (Phi) is 2.22. The van der Waals surface area contributed by atoms with Crippen molar-refractivity contribution in [3.8, 4) is 0 Å². The lowest BCUT2D eigenvalue weighted by Crippen LogP contribution is -2.00. The van der Waals surface area contributed by atoms with Gasteiger partial charge in [0.1, 0.15) is 5.82 Å². The molecule has 0 aliphatic heterocycles. The van der Waals surface area contributed by atoms with Crippen LogP contribution in [0.15, 0.2) is 41.3 Å². The predicted octanol–water partition coefficient (Wildman–Crippen LogP) is 1.68. The third-order valence-electron chi connectivity index (χ3n) is 1.63. The van der Waals surface area contributed by atoms with Crippen LogP contribution in [0.1, 0.15) is 5.56 Å². The Hall–Kier alpha value is -1.84. The van der Waals surface area contributed by atoms with Gasteiger partial charge in [-0.3, -0.25) is 0 Å². The van der Waals surface area contributed by atoms with Gasteiger partial charge in [-0.25, -0.2) is 0 Å². The molecule has 0 spiro atoms. The van der Waals surface area contributed by atoms with Gasteiger partial charge in [0.25, 0.3) is 0 Å². The van der Waals surface area contributed by atoms with Gasteiger partial charge in [-0.15, -0.1) is 5.10 Å². The average molecular weight is 175 g/mol. The number of hydrogen-bond donors (Lipinski definition) is 1.